The lowest BCUT2D eigenvalue weighted by atomic mass is 9.94. The van der Waals surface area contributed by atoms with Gasteiger partial charge in [0.2, 0.25) is 0 Å². The standard InChI is InChI=1S/C22H23N3O5/c1-14(2)30-21(26)19-15(3)24(13-16-7-5-4-6-8-16)22(27)23-20(19)17-9-11-18(12-10-17)25(28)29/h4-12,14,20H,13H2,1-3H3,(H,23,27). The van der Waals surface area contributed by atoms with E-state index in [1.165, 1.54) is 29.2 Å². The lowest BCUT2D eigenvalue weighted by Gasteiger charge is -2.35. The summed E-state index contributed by atoms with van der Waals surface area (Å²) in [5, 5.41) is 13.8. The number of esters is 1. The second-order valence-corrected chi connectivity index (χ2v) is 7.26. The van der Waals surface area contributed by atoms with Crippen molar-refractivity contribution in [2.75, 3.05) is 0 Å². The van der Waals surface area contributed by atoms with Crippen molar-refractivity contribution in [2.24, 2.45) is 0 Å². The number of nitro benzene ring substituents is 1. The van der Waals surface area contributed by atoms with E-state index >= 15 is 0 Å². The summed E-state index contributed by atoms with van der Waals surface area (Å²) in [5.41, 5.74) is 2.18. The molecule has 2 aromatic carbocycles. The number of nitrogens with one attached hydrogen (secondary N) is 1. The first kappa shape index (κ1) is 21.0. The highest BCUT2D eigenvalue weighted by Gasteiger charge is 2.37. The molecule has 0 saturated heterocycles. The summed E-state index contributed by atoms with van der Waals surface area (Å²) in [6.07, 6.45) is -0.337. The van der Waals surface area contributed by atoms with Crippen molar-refractivity contribution >= 4 is 17.7 Å². The number of hydrogen-bond acceptors (Lipinski definition) is 5. The molecule has 3 rings (SSSR count). The summed E-state index contributed by atoms with van der Waals surface area (Å²) in [6.45, 7) is 5.50. The lowest BCUT2D eigenvalue weighted by Crippen LogP contribution is -2.47. The van der Waals surface area contributed by atoms with Gasteiger partial charge < -0.3 is 10.1 Å². The summed E-state index contributed by atoms with van der Waals surface area (Å²) in [7, 11) is 0. The maximum atomic E-state index is 12.9. The second-order valence-electron chi connectivity index (χ2n) is 7.26. The van der Waals surface area contributed by atoms with Crippen molar-refractivity contribution in [3.63, 3.8) is 0 Å². The minimum Gasteiger partial charge on any atom is -0.459 e. The summed E-state index contributed by atoms with van der Waals surface area (Å²) in [5.74, 6) is -0.538. The molecule has 1 N–H and O–H groups in total. The van der Waals surface area contributed by atoms with Crippen molar-refractivity contribution < 1.29 is 19.2 Å². The van der Waals surface area contributed by atoms with Gasteiger partial charge in [-0.25, -0.2) is 9.59 Å². The third-order valence-corrected chi connectivity index (χ3v) is 4.78. The molecule has 1 heterocycles. The van der Waals surface area contributed by atoms with Gasteiger partial charge in [-0.15, -0.1) is 0 Å². The smallest absolute Gasteiger partial charge is 0.338 e. The quantitative estimate of drug-likeness (QED) is 0.440. The van der Waals surface area contributed by atoms with Crippen molar-refractivity contribution in [1.82, 2.24) is 10.2 Å². The van der Waals surface area contributed by atoms with Gasteiger partial charge in [0.25, 0.3) is 5.69 Å². The number of carbonyl (C=O) groups excluding carboxylic acids is 2. The predicted octanol–water partition coefficient (Wildman–Crippen LogP) is 4.09. The summed E-state index contributed by atoms with van der Waals surface area (Å²) < 4.78 is 5.42. The largest absolute Gasteiger partial charge is 0.459 e. The molecular formula is C22H23N3O5. The molecular weight excluding hydrogens is 386 g/mol. The van der Waals surface area contributed by atoms with Crippen molar-refractivity contribution in [2.45, 2.75) is 39.5 Å². The number of non-ortho nitro benzene ring substituents is 1. The molecule has 1 aliphatic heterocycles. The Labute approximate surface area is 174 Å². The number of amides is 2. The van der Waals surface area contributed by atoms with Crippen LogP contribution in [0, 0.1) is 10.1 Å². The molecule has 1 aliphatic rings. The molecule has 156 valence electrons. The van der Waals surface area contributed by atoms with Gasteiger partial charge in [0.1, 0.15) is 0 Å². The molecule has 2 amide bonds. The van der Waals surface area contributed by atoms with Crippen LogP contribution in [0.4, 0.5) is 10.5 Å². The number of nitro groups is 1. The fourth-order valence-corrected chi connectivity index (χ4v) is 3.32. The Kier molecular flexibility index (Phi) is 6.15. The van der Waals surface area contributed by atoms with E-state index in [2.05, 4.69) is 5.32 Å². The minimum absolute atomic E-state index is 0.0707. The topological polar surface area (TPSA) is 102 Å². The van der Waals surface area contributed by atoms with Crippen LogP contribution in [0.25, 0.3) is 0 Å². The third kappa shape index (κ3) is 4.48. The number of rotatable bonds is 6. The molecule has 1 atom stereocenters. The third-order valence-electron chi connectivity index (χ3n) is 4.78. The Morgan fingerprint density at radius 1 is 1.17 bits per heavy atom. The first-order valence-electron chi connectivity index (χ1n) is 9.56. The number of hydrogen-bond donors (Lipinski definition) is 1. The van der Waals surface area contributed by atoms with E-state index in [1.54, 1.807) is 20.8 Å². The normalized spacial score (nSPS) is 16.5. The fourth-order valence-electron chi connectivity index (χ4n) is 3.32. The van der Waals surface area contributed by atoms with Crippen LogP contribution in [0.5, 0.6) is 0 Å². The maximum Gasteiger partial charge on any atom is 0.338 e. The Morgan fingerprint density at radius 3 is 2.37 bits per heavy atom. The van der Waals surface area contributed by atoms with Crippen LogP contribution in [-0.2, 0) is 16.1 Å². The highest BCUT2D eigenvalue weighted by atomic mass is 16.6. The monoisotopic (exact) mass is 409 g/mol. The first-order valence-corrected chi connectivity index (χ1v) is 9.56. The Balaban J connectivity index is 2.02. The molecule has 0 aromatic heterocycles. The molecule has 8 nitrogen and oxygen atoms in total. The number of ether oxygens (including phenoxy) is 1. The van der Waals surface area contributed by atoms with Crippen LogP contribution in [0.1, 0.15) is 37.9 Å². The van der Waals surface area contributed by atoms with Crippen molar-refractivity contribution in [3.8, 4) is 0 Å². The Morgan fingerprint density at radius 2 is 1.80 bits per heavy atom. The molecule has 8 heteroatoms. The summed E-state index contributed by atoms with van der Waals surface area (Å²) in [4.78, 5) is 37.7. The van der Waals surface area contributed by atoms with E-state index in [-0.39, 0.29) is 17.8 Å². The van der Waals surface area contributed by atoms with Crippen LogP contribution in [0.15, 0.2) is 65.9 Å². The van der Waals surface area contributed by atoms with E-state index in [1.807, 2.05) is 30.3 Å². The van der Waals surface area contributed by atoms with Gasteiger partial charge in [0.05, 0.1) is 29.2 Å². The minimum atomic E-state index is -0.767. The van der Waals surface area contributed by atoms with Crippen molar-refractivity contribution in [3.05, 3.63) is 87.1 Å². The van der Waals surface area contributed by atoms with Crippen LogP contribution < -0.4 is 5.32 Å². The number of urea groups is 1. The van der Waals surface area contributed by atoms with Crippen LogP contribution >= 0.6 is 0 Å². The van der Waals surface area contributed by atoms with E-state index in [0.717, 1.165) is 5.56 Å². The van der Waals surface area contributed by atoms with Gasteiger partial charge in [-0.3, -0.25) is 15.0 Å². The number of nitrogens with zero attached hydrogens (tertiary/aromatic N) is 2. The predicted molar refractivity (Wildman–Crippen MR) is 110 cm³/mol. The summed E-state index contributed by atoms with van der Waals surface area (Å²) in [6, 6.07) is 14.1. The van der Waals surface area contributed by atoms with Gasteiger partial charge in [0, 0.05) is 17.8 Å². The lowest BCUT2D eigenvalue weighted by molar-refractivity contribution is -0.384. The van der Waals surface area contributed by atoms with Crippen LogP contribution in [0.3, 0.4) is 0 Å². The number of allylic oxidation sites excluding steroid dienone is 1. The first-order chi connectivity index (χ1) is 14.3. The molecule has 0 spiro atoms. The zero-order valence-electron chi connectivity index (χ0n) is 17.0. The van der Waals surface area contributed by atoms with E-state index < -0.39 is 16.9 Å². The zero-order chi connectivity index (χ0) is 21.8. The molecule has 0 aliphatic carbocycles. The Hall–Kier alpha value is -3.68. The maximum absolute atomic E-state index is 12.9. The molecule has 0 bridgehead atoms. The number of carbonyl (C=O) groups is 2. The van der Waals surface area contributed by atoms with Crippen LogP contribution in [0.2, 0.25) is 0 Å². The molecule has 30 heavy (non-hydrogen) atoms. The van der Waals surface area contributed by atoms with Gasteiger partial charge >= 0.3 is 12.0 Å². The van der Waals surface area contributed by atoms with E-state index in [0.29, 0.717) is 23.4 Å². The fraction of sp³-hybridized carbons (Fsp3) is 0.273. The zero-order valence-corrected chi connectivity index (χ0v) is 17.0. The average Bonchev–Trinajstić information content (AvgIpc) is 2.71. The van der Waals surface area contributed by atoms with Crippen LogP contribution in [-0.4, -0.2) is 27.9 Å². The number of benzene rings is 2. The SMILES string of the molecule is CC1=C(C(=O)OC(C)C)C(c2ccc([N+](=O)[O-])cc2)NC(=O)N1Cc1ccccc1. The van der Waals surface area contributed by atoms with Gasteiger partial charge in [0.15, 0.2) is 0 Å². The molecule has 0 saturated carbocycles. The van der Waals surface area contributed by atoms with Gasteiger partial charge in [-0.1, -0.05) is 30.3 Å². The van der Waals surface area contributed by atoms with Gasteiger partial charge in [-0.05, 0) is 44.0 Å². The summed E-state index contributed by atoms with van der Waals surface area (Å²) >= 11 is 0. The highest BCUT2D eigenvalue weighted by molar-refractivity contribution is 5.95. The van der Waals surface area contributed by atoms with E-state index in [4.69, 9.17) is 4.74 Å². The second kappa shape index (κ2) is 8.77. The molecule has 2 aromatic rings. The average molecular weight is 409 g/mol. The highest BCUT2D eigenvalue weighted by Crippen LogP contribution is 2.33. The Bertz CT molecular complexity index is 984. The van der Waals surface area contributed by atoms with Crippen molar-refractivity contribution in [1.29, 1.82) is 0 Å². The van der Waals surface area contributed by atoms with Gasteiger partial charge in [-0.2, -0.15) is 0 Å². The molecule has 0 fully saturated rings. The molecule has 0 radical (unpaired) electrons. The molecule has 1 unspecified atom stereocenters. The van der Waals surface area contributed by atoms with E-state index in [9.17, 15) is 19.7 Å².